The Hall–Kier alpha value is -1.36. The first-order chi connectivity index (χ1) is 8.97. The average molecular weight is 271 g/mol. The highest BCUT2D eigenvalue weighted by Gasteiger charge is 2.31. The van der Waals surface area contributed by atoms with Crippen LogP contribution in [0.4, 0.5) is 13.2 Å². The molecule has 2 rings (SSSR count). The lowest BCUT2D eigenvalue weighted by molar-refractivity contribution is -0.137. The van der Waals surface area contributed by atoms with E-state index in [0.29, 0.717) is 6.42 Å². The Bertz CT molecular complexity index is 450. The summed E-state index contributed by atoms with van der Waals surface area (Å²) in [5, 5.41) is 3.20. The maximum atomic E-state index is 12.6. The molecule has 1 atom stereocenters. The zero-order valence-electron chi connectivity index (χ0n) is 10.5. The number of rotatable bonds is 3. The molecule has 2 nitrogen and oxygen atoms in total. The van der Waals surface area contributed by atoms with Gasteiger partial charge < -0.3 is 5.32 Å². The third-order valence-corrected chi connectivity index (χ3v) is 3.38. The minimum absolute atomic E-state index is 0.153. The molecule has 1 aromatic rings. The molecule has 0 aliphatic carbocycles. The molecule has 0 saturated carbocycles. The van der Waals surface area contributed by atoms with E-state index in [9.17, 15) is 18.0 Å². The summed E-state index contributed by atoms with van der Waals surface area (Å²) >= 11 is 0. The first kappa shape index (κ1) is 14.1. The van der Waals surface area contributed by atoms with Gasteiger partial charge in [-0.2, -0.15) is 13.2 Å². The van der Waals surface area contributed by atoms with Crippen molar-refractivity contribution in [3.8, 4) is 0 Å². The zero-order valence-corrected chi connectivity index (χ0v) is 10.5. The van der Waals surface area contributed by atoms with E-state index in [1.54, 1.807) is 0 Å². The monoisotopic (exact) mass is 271 g/mol. The Morgan fingerprint density at radius 3 is 2.79 bits per heavy atom. The minimum Gasteiger partial charge on any atom is -0.316 e. The number of piperidine rings is 1. The largest absolute Gasteiger partial charge is 0.416 e. The van der Waals surface area contributed by atoms with E-state index < -0.39 is 11.7 Å². The Morgan fingerprint density at radius 2 is 2.16 bits per heavy atom. The summed E-state index contributed by atoms with van der Waals surface area (Å²) in [4.78, 5) is 12.0. The number of benzene rings is 1. The van der Waals surface area contributed by atoms with Gasteiger partial charge in [0.1, 0.15) is 0 Å². The van der Waals surface area contributed by atoms with E-state index in [1.165, 1.54) is 12.1 Å². The lowest BCUT2D eigenvalue weighted by atomic mass is 9.91. The third-order valence-electron chi connectivity index (χ3n) is 3.38. The van der Waals surface area contributed by atoms with E-state index >= 15 is 0 Å². The molecule has 5 heteroatoms. The second-order valence-electron chi connectivity index (χ2n) is 4.92. The Morgan fingerprint density at radius 1 is 1.37 bits per heavy atom. The Balaban J connectivity index is 2.06. The molecular weight excluding hydrogens is 255 g/mol. The molecule has 1 fully saturated rings. The summed E-state index contributed by atoms with van der Waals surface area (Å²) in [6.07, 6.45) is -2.12. The van der Waals surface area contributed by atoms with Crippen LogP contribution in [-0.4, -0.2) is 18.9 Å². The normalized spacial score (nSPS) is 20.3. The molecule has 19 heavy (non-hydrogen) atoms. The van der Waals surface area contributed by atoms with Gasteiger partial charge in [-0.25, -0.2) is 0 Å². The number of hydrogen-bond acceptors (Lipinski definition) is 2. The van der Waals surface area contributed by atoms with E-state index in [4.69, 9.17) is 0 Å². The maximum Gasteiger partial charge on any atom is 0.416 e. The van der Waals surface area contributed by atoms with Gasteiger partial charge in [-0.15, -0.1) is 0 Å². The van der Waals surface area contributed by atoms with Crippen LogP contribution < -0.4 is 5.32 Å². The van der Waals surface area contributed by atoms with Crippen LogP contribution >= 0.6 is 0 Å². The number of hydrogen-bond donors (Lipinski definition) is 1. The van der Waals surface area contributed by atoms with Crippen LogP contribution in [-0.2, 0) is 6.18 Å². The smallest absolute Gasteiger partial charge is 0.316 e. The number of nitrogens with one attached hydrogen (secondary N) is 1. The second kappa shape index (κ2) is 5.74. The summed E-state index contributed by atoms with van der Waals surface area (Å²) in [5.41, 5.74) is -0.611. The van der Waals surface area contributed by atoms with Gasteiger partial charge >= 0.3 is 6.18 Å². The van der Waals surface area contributed by atoms with E-state index in [0.717, 1.165) is 38.1 Å². The summed E-state index contributed by atoms with van der Waals surface area (Å²) in [6, 6.07) is 4.67. The molecule has 0 bridgehead atoms. The van der Waals surface area contributed by atoms with Crippen LogP contribution in [0.5, 0.6) is 0 Å². The quantitative estimate of drug-likeness (QED) is 0.855. The molecular formula is C14H16F3NO. The molecule has 1 aliphatic rings. The number of ketones is 1. The van der Waals surface area contributed by atoms with Gasteiger partial charge in [-0.05, 0) is 44.0 Å². The van der Waals surface area contributed by atoms with Crippen molar-refractivity contribution in [2.75, 3.05) is 13.1 Å². The first-order valence-corrected chi connectivity index (χ1v) is 6.38. The number of halogens is 3. The van der Waals surface area contributed by atoms with Crippen molar-refractivity contribution in [2.24, 2.45) is 5.92 Å². The van der Waals surface area contributed by atoms with Crippen molar-refractivity contribution in [1.29, 1.82) is 0 Å². The molecule has 1 aromatic carbocycles. The molecule has 1 N–H and O–H groups in total. The highest BCUT2D eigenvalue weighted by atomic mass is 19.4. The van der Waals surface area contributed by atoms with Crippen molar-refractivity contribution in [2.45, 2.75) is 25.4 Å². The van der Waals surface area contributed by atoms with E-state index in [1.807, 2.05) is 0 Å². The van der Waals surface area contributed by atoms with Crippen LogP contribution in [0.2, 0.25) is 0 Å². The van der Waals surface area contributed by atoms with Gasteiger partial charge in [0.2, 0.25) is 0 Å². The molecule has 1 aliphatic heterocycles. The predicted molar refractivity (Wildman–Crippen MR) is 66.0 cm³/mol. The SMILES string of the molecule is O=C(CC1CCCNC1)c1cccc(C(F)(F)F)c1. The van der Waals surface area contributed by atoms with E-state index in [2.05, 4.69) is 5.32 Å². The third kappa shape index (κ3) is 3.80. The van der Waals surface area contributed by atoms with Crippen LogP contribution in [0.1, 0.15) is 35.2 Å². The predicted octanol–water partition coefficient (Wildman–Crippen LogP) is 3.28. The lowest BCUT2D eigenvalue weighted by Crippen LogP contribution is -2.31. The van der Waals surface area contributed by atoms with Gasteiger partial charge in [0.15, 0.2) is 5.78 Å². The average Bonchev–Trinajstić information content (AvgIpc) is 2.39. The lowest BCUT2D eigenvalue weighted by Gasteiger charge is -2.22. The summed E-state index contributed by atoms with van der Waals surface area (Å²) < 4.78 is 37.7. The van der Waals surface area contributed by atoms with Crippen molar-refractivity contribution < 1.29 is 18.0 Å². The molecule has 0 radical (unpaired) electrons. The zero-order chi connectivity index (χ0) is 13.9. The Labute approximate surface area is 110 Å². The van der Waals surface area contributed by atoms with Gasteiger partial charge in [-0.1, -0.05) is 12.1 Å². The fraction of sp³-hybridized carbons (Fsp3) is 0.500. The number of carbonyl (C=O) groups is 1. The van der Waals surface area contributed by atoms with Gasteiger partial charge in [0.05, 0.1) is 5.56 Å². The molecule has 0 amide bonds. The van der Waals surface area contributed by atoms with E-state index in [-0.39, 0.29) is 17.3 Å². The van der Waals surface area contributed by atoms with Gasteiger partial charge in [-0.3, -0.25) is 4.79 Å². The summed E-state index contributed by atoms with van der Waals surface area (Å²) in [6.45, 7) is 1.72. The second-order valence-corrected chi connectivity index (χ2v) is 4.92. The van der Waals surface area contributed by atoms with Crippen molar-refractivity contribution >= 4 is 5.78 Å². The van der Waals surface area contributed by atoms with Crippen molar-refractivity contribution in [3.63, 3.8) is 0 Å². The summed E-state index contributed by atoms with van der Waals surface area (Å²) in [7, 11) is 0. The number of Topliss-reactive ketones (excluding diaryl/α,β-unsaturated/α-hetero) is 1. The van der Waals surface area contributed by atoms with Crippen LogP contribution in [0, 0.1) is 5.92 Å². The Kier molecular flexibility index (Phi) is 4.24. The molecule has 0 spiro atoms. The standard InChI is InChI=1S/C14H16F3NO/c15-14(16,17)12-5-1-4-11(8-12)13(19)7-10-3-2-6-18-9-10/h1,4-5,8,10,18H,2-3,6-7,9H2. The fourth-order valence-corrected chi connectivity index (χ4v) is 2.35. The van der Waals surface area contributed by atoms with Gasteiger partial charge in [0, 0.05) is 12.0 Å². The molecule has 104 valence electrons. The topological polar surface area (TPSA) is 29.1 Å². The number of alkyl halides is 3. The molecule has 1 saturated heterocycles. The maximum absolute atomic E-state index is 12.6. The first-order valence-electron chi connectivity index (χ1n) is 6.38. The minimum atomic E-state index is -4.40. The van der Waals surface area contributed by atoms with Gasteiger partial charge in [0.25, 0.3) is 0 Å². The number of carbonyl (C=O) groups excluding carboxylic acids is 1. The highest BCUT2D eigenvalue weighted by molar-refractivity contribution is 5.96. The van der Waals surface area contributed by atoms with Crippen LogP contribution in [0.25, 0.3) is 0 Å². The van der Waals surface area contributed by atoms with Crippen LogP contribution in [0.3, 0.4) is 0 Å². The summed E-state index contributed by atoms with van der Waals surface area (Å²) in [5.74, 6) is 0.0237. The van der Waals surface area contributed by atoms with Crippen molar-refractivity contribution in [3.05, 3.63) is 35.4 Å². The van der Waals surface area contributed by atoms with Crippen molar-refractivity contribution in [1.82, 2.24) is 5.32 Å². The highest BCUT2D eigenvalue weighted by Crippen LogP contribution is 2.30. The molecule has 1 heterocycles. The molecule has 1 unspecified atom stereocenters. The fourth-order valence-electron chi connectivity index (χ4n) is 2.35. The van der Waals surface area contributed by atoms with Crippen LogP contribution in [0.15, 0.2) is 24.3 Å². The molecule has 0 aromatic heterocycles.